The average Bonchev–Trinajstić information content (AvgIpc) is 2.53. The second kappa shape index (κ2) is 14.1. The molecule has 0 rings (SSSR count). The van der Waals surface area contributed by atoms with Gasteiger partial charge in [-0.15, -0.1) is 0 Å². The number of carboxylic acids is 1. The number of carbonyl (C=O) groups is 2. The normalized spacial score (nSPS) is 12.2. The highest BCUT2D eigenvalue weighted by Gasteiger charge is 2.25. The molecule has 0 radical (unpaired) electrons. The fraction of sp³-hybridized carbons (Fsp3) is 0.800. The zero-order chi connectivity index (χ0) is 19.1. The van der Waals surface area contributed by atoms with Crippen LogP contribution in [-0.4, -0.2) is 25.4 Å². The van der Waals surface area contributed by atoms with Crippen LogP contribution < -0.4 is 0 Å². The molecule has 0 aliphatic rings. The second-order valence-electron chi connectivity index (χ2n) is 7.56. The van der Waals surface area contributed by atoms with Crippen LogP contribution >= 0.6 is 0 Å². The van der Waals surface area contributed by atoms with E-state index >= 15 is 0 Å². The van der Waals surface area contributed by atoms with Crippen LogP contribution in [0.25, 0.3) is 0 Å². The van der Waals surface area contributed by atoms with Gasteiger partial charge in [0.2, 0.25) is 8.32 Å². The van der Waals surface area contributed by atoms with Gasteiger partial charge in [-0.25, -0.2) is 4.79 Å². The summed E-state index contributed by atoms with van der Waals surface area (Å²) in [5.41, 5.74) is 0.186. The van der Waals surface area contributed by atoms with Gasteiger partial charge in [-0.2, -0.15) is 0 Å². The van der Waals surface area contributed by atoms with Crippen LogP contribution in [0.3, 0.4) is 0 Å². The Morgan fingerprint density at radius 3 is 1.88 bits per heavy atom. The molecule has 4 nitrogen and oxygen atoms in total. The van der Waals surface area contributed by atoms with E-state index in [0.717, 1.165) is 12.5 Å². The van der Waals surface area contributed by atoms with Crippen molar-refractivity contribution in [2.45, 2.75) is 104 Å². The molecule has 1 N–H and O–H groups in total. The molecule has 0 aromatic rings. The van der Waals surface area contributed by atoms with Crippen LogP contribution in [0.2, 0.25) is 19.1 Å². The van der Waals surface area contributed by atoms with Gasteiger partial charge in [0.1, 0.15) is 0 Å². The number of carboxylic acid groups (broad SMARTS) is 1. The van der Waals surface area contributed by atoms with E-state index in [1.165, 1.54) is 70.8 Å². The van der Waals surface area contributed by atoms with Crippen molar-refractivity contribution in [3.05, 3.63) is 11.6 Å². The van der Waals surface area contributed by atoms with Crippen LogP contribution in [0.15, 0.2) is 11.6 Å². The third kappa shape index (κ3) is 14.9. The van der Waals surface area contributed by atoms with Gasteiger partial charge in [-0.3, -0.25) is 4.79 Å². The minimum Gasteiger partial charge on any atom is -0.519 e. The first-order valence-corrected chi connectivity index (χ1v) is 13.0. The predicted molar refractivity (Wildman–Crippen MR) is 106 cm³/mol. The van der Waals surface area contributed by atoms with Gasteiger partial charge in [0.15, 0.2) is 0 Å². The molecule has 146 valence electrons. The first-order chi connectivity index (χ1) is 11.8. The van der Waals surface area contributed by atoms with Crippen molar-refractivity contribution in [2.24, 2.45) is 0 Å². The number of rotatable bonds is 15. The van der Waals surface area contributed by atoms with E-state index in [1.54, 1.807) is 0 Å². The molecule has 0 saturated heterocycles. The van der Waals surface area contributed by atoms with Crippen molar-refractivity contribution in [1.29, 1.82) is 0 Å². The predicted octanol–water partition coefficient (Wildman–Crippen LogP) is 6.08. The van der Waals surface area contributed by atoms with E-state index in [2.05, 4.69) is 20.0 Å². The van der Waals surface area contributed by atoms with Crippen LogP contribution in [0.5, 0.6) is 0 Å². The first-order valence-electron chi connectivity index (χ1n) is 9.90. The maximum atomic E-state index is 11.8. The lowest BCUT2D eigenvalue weighted by Crippen LogP contribution is -2.33. The van der Waals surface area contributed by atoms with Crippen molar-refractivity contribution >= 4 is 20.3 Å². The van der Waals surface area contributed by atoms with Gasteiger partial charge in [-0.05, 0) is 26.1 Å². The van der Waals surface area contributed by atoms with Crippen molar-refractivity contribution in [3.8, 4) is 0 Å². The van der Waals surface area contributed by atoms with Crippen LogP contribution in [0, 0.1) is 0 Å². The Morgan fingerprint density at radius 2 is 1.40 bits per heavy atom. The first kappa shape index (κ1) is 23.9. The van der Waals surface area contributed by atoms with Crippen molar-refractivity contribution in [3.63, 3.8) is 0 Å². The molecule has 0 aromatic carbocycles. The molecule has 0 aromatic heterocycles. The minimum atomic E-state index is -1.98. The van der Waals surface area contributed by atoms with E-state index in [9.17, 15) is 9.59 Å². The summed E-state index contributed by atoms with van der Waals surface area (Å²) in [6.07, 6.45) is 14.5. The molecule has 25 heavy (non-hydrogen) atoms. The molecule has 0 aliphatic carbocycles. The molecule has 5 heteroatoms. The summed E-state index contributed by atoms with van der Waals surface area (Å²) in [4.78, 5) is 22.5. The summed E-state index contributed by atoms with van der Waals surface area (Å²) >= 11 is 0. The van der Waals surface area contributed by atoms with Crippen LogP contribution in [0.1, 0.15) is 84.5 Å². The quantitative estimate of drug-likeness (QED) is 0.216. The minimum absolute atomic E-state index is 0.0482. The van der Waals surface area contributed by atoms with Crippen molar-refractivity contribution < 1.29 is 19.1 Å². The fourth-order valence-corrected chi connectivity index (χ4v) is 4.67. The summed E-state index contributed by atoms with van der Waals surface area (Å²) < 4.78 is 5.61. The maximum absolute atomic E-state index is 11.8. The Labute approximate surface area is 155 Å². The lowest BCUT2D eigenvalue weighted by molar-refractivity contribution is -0.134. The highest BCUT2D eigenvalue weighted by molar-refractivity contribution is 6.72. The fourth-order valence-electron chi connectivity index (χ4n) is 2.76. The molecular weight excluding hydrogens is 332 g/mol. The molecule has 0 amide bonds. The molecule has 0 saturated carbocycles. The second-order valence-corrected chi connectivity index (χ2v) is 11.8. The third-order valence-electron chi connectivity index (χ3n) is 4.43. The lowest BCUT2D eigenvalue weighted by Gasteiger charge is -2.22. The molecule has 0 atom stereocenters. The number of hydrogen-bond acceptors (Lipinski definition) is 3. The van der Waals surface area contributed by atoms with Crippen LogP contribution in [-0.2, 0) is 14.0 Å². The van der Waals surface area contributed by atoms with Gasteiger partial charge in [0, 0.05) is 5.57 Å². The monoisotopic (exact) mass is 370 g/mol. The molecule has 0 bridgehead atoms. The van der Waals surface area contributed by atoms with Crippen molar-refractivity contribution in [2.75, 3.05) is 0 Å². The molecule has 0 heterocycles. The number of unbranched alkanes of at least 4 members (excludes halogenated alkanes) is 9. The van der Waals surface area contributed by atoms with Gasteiger partial charge in [0.05, 0.1) is 6.42 Å². The SMILES string of the molecule is CCCCCCCCCCCC[Si](C)(C)OC(=O)CC=C(C)C(=O)O. The van der Waals surface area contributed by atoms with Gasteiger partial charge < -0.3 is 9.53 Å². The Hall–Kier alpha value is -1.10. The molecule has 0 fully saturated rings. The Balaban J connectivity index is 3.74. The largest absolute Gasteiger partial charge is 0.519 e. The third-order valence-corrected chi connectivity index (χ3v) is 6.77. The van der Waals surface area contributed by atoms with Gasteiger partial charge >= 0.3 is 5.97 Å². The van der Waals surface area contributed by atoms with E-state index in [0.29, 0.717) is 0 Å². The number of carbonyl (C=O) groups excluding carboxylic acids is 1. The summed E-state index contributed by atoms with van der Waals surface area (Å²) in [5.74, 6) is -1.29. The molecular formula is C20H38O4Si. The lowest BCUT2D eigenvalue weighted by atomic mass is 10.1. The molecule has 0 aliphatic heterocycles. The average molecular weight is 371 g/mol. The van der Waals surface area contributed by atoms with E-state index in [1.807, 2.05) is 0 Å². The van der Waals surface area contributed by atoms with Crippen molar-refractivity contribution in [1.82, 2.24) is 0 Å². The summed E-state index contributed by atoms with van der Waals surface area (Å²) in [6.45, 7) is 7.86. The van der Waals surface area contributed by atoms with Gasteiger partial charge in [-0.1, -0.05) is 77.2 Å². The zero-order valence-corrected chi connectivity index (χ0v) is 17.7. The van der Waals surface area contributed by atoms with E-state index < -0.39 is 14.3 Å². The topological polar surface area (TPSA) is 63.6 Å². The standard InChI is InChI=1S/C20H38O4Si/c1-5-6-7-8-9-10-11-12-13-14-17-25(3,4)24-19(21)16-15-18(2)20(22)23/h15H,5-14,16-17H2,1-4H3,(H,22,23). The smallest absolute Gasteiger partial charge is 0.330 e. The summed E-state index contributed by atoms with van der Waals surface area (Å²) in [7, 11) is -1.98. The molecule has 0 spiro atoms. The number of hydrogen-bond donors (Lipinski definition) is 1. The zero-order valence-electron chi connectivity index (χ0n) is 16.7. The Bertz CT molecular complexity index is 416. The molecule has 0 unspecified atom stereocenters. The van der Waals surface area contributed by atoms with E-state index in [-0.39, 0.29) is 18.0 Å². The van der Waals surface area contributed by atoms with Gasteiger partial charge in [0.25, 0.3) is 5.97 Å². The maximum Gasteiger partial charge on any atom is 0.330 e. The number of aliphatic carboxylic acids is 1. The Kier molecular flexibility index (Phi) is 13.5. The van der Waals surface area contributed by atoms with E-state index in [4.69, 9.17) is 9.53 Å². The highest BCUT2D eigenvalue weighted by atomic mass is 28.4. The highest BCUT2D eigenvalue weighted by Crippen LogP contribution is 2.18. The summed E-state index contributed by atoms with van der Waals surface area (Å²) in [5, 5.41) is 8.77. The Morgan fingerprint density at radius 1 is 0.920 bits per heavy atom. The van der Waals surface area contributed by atoms with Crippen LogP contribution in [0.4, 0.5) is 0 Å². The summed E-state index contributed by atoms with van der Waals surface area (Å²) in [6, 6.07) is 0.983.